The predicted molar refractivity (Wildman–Crippen MR) is 85.2 cm³/mol. The topological polar surface area (TPSA) is 116 Å². The van der Waals surface area contributed by atoms with Gasteiger partial charge < -0.3 is 16.0 Å². The lowest BCUT2D eigenvalue weighted by Gasteiger charge is -2.15. The molecule has 0 radical (unpaired) electrons. The number of amides is 2. The largest absolute Gasteiger partial charge is 0.329 e. The molecule has 23 heavy (non-hydrogen) atoms. The molecule has 0 saturated heterocycles. The molecule has 1 aromatic rings. The van der Waals surface area contributed by atoms with Crippen LogP contribution in [0, 0.1) is 11.3 Å². The number of anilines is 1. The Morgan fingerprint density at radius 1 is 1.26 bits per heavy atom. The second-order valence-electron chi connectivity index (χ2n) is 4.74. The molecule has 0 aromatic heterocycles. The first-order valence-corrected chi connectivity index (χ1v) is 6.90. The van der Waals surface area contributed by atoms with Gasteiger partial charge in [0.15, 0.2) is 5.78 Å². The highest BCUT2D eigenvalue weighted by molar-refractivity contribution is 6.07. The van der Waals surface area contributed by atoms with E-state index in [-0.39, 0.29) is 30.4 Å². The maximum atomic E-state index is 12.1. The number of carbonyl (C=O) groups excluding carboxylic acids is 3. The molecule has 0 fully saturated rings. The van der Waals surface area contributed by atoms with Crippen molar-refractivity contribution in [2.45, 2.75) is 13.8 Å². The highest BCUT2D eigenvalue weighted by Crippen LogP contribution is 2.11. The summed E-state index contributed by atoms with van der Waals surface area (Å²) in [5.74, 6) is -1.05. The molecule has 0 unspecified atom stereocenters. The average molecular weight is 314 g/mol. The van der Waals surface area contributed by atoms with Crippen LogP contribution in [0.1, 0.15) is 24.2 Å². The summed E-state index contributed by atoms with van der Waals surface area (Å²) in [6.45, 7) is 3.18. The number of rotatable bonds is 6. The number of nitrogens with zero attached hydrogens (tertiary/aromatic N) is 2. The van der Waals surface area contributed by atoms with Crippen LogP contribution in [0.3, 0.4) is 0 Å². The van der Waals surface area contributed by atoms with Gasteiger partial charge >= 0.3 is 0 Å². The van der Waals surface area contributed by atoms with Gasteiger partial charge in [0.05, 0.1) is 0 Å². The summed E-state index contributed by atoms with van der Waals surface area (Å²) in [7, 11) is 0. The normalized spacial score (nSPS) is 10.6. The highest BCUT2D eigenvalue weighted by atomic mass is 16.2. The van der Waals surface area contributed by atoms with Crippen LogP contribution in [0.4, 0.5) is 5.69 Å². The standard InChI is InChI=1S/C16H18N4O3/c1-11(21)13-3-5-15(6-4-13)19-16(23)14(9-18)10-20(8-7-17)12(2)22/h3-6,10H,7-8,17H2,1-2H3,(H,19,23)/b14-10-. The first-order chi connectivity index (χ1) is 10.9. The van der Waals surface area contributed by atoms with Crippen molar-refractivity contribution in [2.24, 2.45) is 5.73 Å². The molecule has 7 heteroatoms. The molecule has 0 aliphatic heterocycles. The van der Waals surface area contributed by atoms with Crippen molar-refractivity contribution in [3.63, 3.8) is 0 Å². The second kappa shape index (κ2) is 8.46. The van der Waals surface area contributed by atoms with E-state index in [4.69, 9.17) is 11.0 Å². The van der Waals surface area contributed by atoms with Gasteiger partial charge in [-0.05, 0) is 31.2 Å². The van der Waals surface area contributed by atoms with Crippen LogP contribution in [0.25, 0.3) is 0 Å². The van der Waals surface area contributed by atoms with E-state index in [9.17, 15) is 14.4 Å². The fourth-order valence-electron chi connectivity index (χ4n) is 1.73. The van der Waals surface area contributed by atoms with E-state index in [1.165, 1.54) is 24.9 Å². The molecule has 120 valence electrons. The highest BCUT2D eigenvalue weighted by Gasteiger charge is 2.13. The van der Waals surface area contributed by atoms with Crippen molar-refractivity contribution >= 4 is 23.3 Å². The number of hydrogen-bond donors (Lipinski definition) is 2. The minimum atomic E-state index is -0.647. The Morgan fingerprint density at radius 3 is 2.30 bits per heavy atom. The fraction of sp³-hybridized carbons (Fsp3) is 0.250. The average Bonchev–Trinajstić information content (AvgIpc) is 2.51. The van der Waals surface area contributed by atoms with Gasteiger partial charge in [0.25, 0.3) is 5.91 Å². The van der Waals surface area contributed by atoms with E-state index in [0.29, 0.717) is 11.3 Å². The summed E-state index contributed by atoms with van der Waals surface area (Å²) in [5, 5.41) is 11.6. The predicted octanol–water partition coefficient (Wildman–Crippen LogP) is 1.04. The summed E-state index contributed by atoms with van der Waals surface area (Å²) in [6.07, 6.45) is 1.18. The molecular weight excluding hydrogens is 296 g/mol. The van der Waals surface area contributed by atoms with Gasteiger partial charge in [0.2, 0.25) is 5.91 Å². The van der Waals surface area contributed by atoms with Gasteiger partial charge in [-0.25, -0.2) is 0 Å². The smallest absolute Gasteiger partial charge is 0.267 e. The lowest BCUT2D eigenvalue weighted by Crippen LogP contribution is -2.30. The Hall–Kier alpha value is -2.98. The molecule has 2 amide bonds. The Bertz CT molecular complexity index is 672. The molecule has 1 aromatic carbocycles. The molecule has 0 bridgehead atoms. The van der Waals surface area contributed by atoms with Crippen LogP contribution in [0.2, 0.25) is 0 Å². The zero-order valence-corrected chi connectivity index (χ0v) is 13.0. The van der Waals surface area contributed by atoms with E-state index in [1.807, 2.05) is 0 Å². The first-order valence-electron chi connectivity index (χ1n) is 6.90. The van der Waals surface area contributed by atoms with Crippen molar-refractivity contribution in [3.8, 4) is 6.07 Å². The lowest BCUT2D eigenvalue weighted by molar-refractivity contribution is -0.126. The lowest BCUT2D eigenvalue weighted by atomic mass is 10.1. The summed E-state index contributed by atoms with van der Waals surface area (Å²) in [5.41, 5.74) is 6.13. The van der Waals surface area contributed by atoms with Gasteiger partial charge in [-0.15, -0.1) is 0 Å². The van der Waals surface area contributed by atoms with Crippen LogP contribution in [-0.2, 0) is 9.59 Å². The van der Waals surface area contributed by atoms with E-state index in [0.717, 1.165) is 0 Å². The number of nitrogens with one attached hydrogen (secondary N) is 1. The van der Waals surface area contributed by atoms with E-state index in [2.05, 4.69) is 5.32 Å². The SMILES string of the molecule is CC(=O)c1ccc(NC(=O)/C(C#N)=C\N(CCN)C(C)=O)cc1. The third kappa shape index (κ3) is 5.37. The number of carbonyl (C=O) groups is 3. The van der Waals surface area contributed by atoms with Gasteiger partial charge in [0.1, 0.15) is 11.6 Å². The summed E-state index contributed by atoms with van der Waals surface area (Å²) in [4.78, 5) is 35.9. The molecule has 7 nitrogen and oxygen atoms in total. The van der Waals surface area contributed by atoms with Gasteiger partial charge in [-0.2, -0.15) is 5.26 Å². The van der Waals surface area contributed by atoms with Crippen molar-refractivity contribution in [2.75, 3.05) is 18.4 Å². The molecule has 0 aliphatic rings. The first kappa shape index (κ1) is 18.1. The summed E-state index contributed by atoms with van der Waals surface area (Å²) < 4.78 is 0. The molecule has 3 N–H and O–H groups in total. The molecule has 1 rings (SSSR count). The van der Waals surface area contributed by atoms with Crippen LogP contribution in [0.15, 0.2) is 36.0 Å². The molecule has 0 spiro atoms. The minimum absolute atomic E-state index is 0.0839. The Morgan fingerprint density at radius 2 is 1.87 bits per heavy atom. The monoisotopic (exact) mass is 314 g/mol. The number of Topliss-reactive ketones (excluding diaryl/α,β-unsaturated/α-hetero) is 1. The Kier molecular flexibility index (Phi) is 6.65. The van der Waals surface area contributed by atoms with Crippen molar-refractivity contribution in [1.82, 2.24) is 4.90 Å². The summed E-state index contributed by atoms with van der Waals surface area (Å²) in [6, 6.07) is 8.03. The fourth-order valence-corrected chi connectivity index (χ4v) is 1.73. The van der Waals surface area contributed by atoms with Crippen LogP contribution in [0.5, 0.6) is 0 Å². The molecule has 0 atom stereocenters. The van der Waals surface area contributed by atoms with Gasteiger partial charge in [0, 0.05) is 37.5 Å². The number of hydrogen-bond acceptors (Lipinski definition) is 5. The number of nitriles is 1. The van der Waals surface area contributed by atoms with E-state index < -0.39 is 5.91 Å². The van der Waals surface area contributed by atoms with Crippen molar-refractivity contribution in [3.05, 3.63) is 41.6 Å². The summed E-state index contributed by atoms with van der Waals surface area (Å²) >= 11 is 0. The minimum Gasteiger partial charge on any atom is -0.329 e. The Labute approximate surface area is 134 Å². The van der Waals surface area contributed by atoms with Crippen LogP contribution in [-0.4, -0.2) is 35.6 Å². The zero-order chi connectivity index (χ0) is 17.4. The second-order valence-corrected chi connectivity index (χ2v) is 4.74. The number of benzene rings is 1. The Balaban J connectivity index is 2.90. The number of nitrogens with two attached hydrogens (primary N) is 1. The molecular formula is C16H18N4O3. The van der Waals surface area contributed by atoms with Crippen LogP contribution >= 0.6 is 0 Å². The van der Waals surface area contributed by atoms with Crippen molar-refractivity contribution in [1.29, 1.82) is 5.26 Å². The van der Waals surface area contributed by atoms with Crippen molar-refractivity contribution < 1.29 is 14.4 Å². The van der Waals surface area contributed by atoms with Crippen LogP contribution < -0.4 is 11.1 Å². The maximum absolute atomic E-state index is 12.1. The third-order valence-corrected chi connectivity index (χ3v) is 2.97. The van der Waals surface area contributed by atoms with Gasteiger partial charge in [-0.3, -0.25) is 14.4 Å². The maximum Gasteiger partial charge on any atom is 0.267 e. The molecule has 0 aliphatic carbocycles. The quantitative estimate of drug-likeness (QED) is 0.462. The molecule has 0 saturated carbocycles. The third-order valence-electron chi connectivity index (χ3n) is 2.97. The molecule has 0 heterocycles. The van der Waals surface area contributed by atoms with Gasteiger partial charge in [-0.1, -0.05) is 0 Å². The van der Waals surface area contributed by atoms with E-state index in [1.54, 1.807) is 30.3 Å². The van der Waals surface area contributed by atoms with E-state index >= 15 is 0 Å². The number of ketones is 1. The zero-order valence-electron chi connectivity index (χ0n) is 13.0.